The summed E-state index contributed by atoms with van der Waals surface area (Å²) in [6.07, 6.45) is 1.12. The Morgan fingerprint density at radius 3 is 2.23 bits per heavy atom. The normalized spacial score (nSPS) is 16.0. The van der Waals surface area contributed by atoms with Crippen LogP contribution in [-0.4, -0.2) is 35.6 Å². The average molecular weight is 453 g/mol. The number of sulfonamides is 2. The third kappa shape index (κ3) is 4.01. The Hall–Kier alpha value is -2.59. The maximum atomic E-state index is 13.3. The molecule has 0 unspecified atom stereocenters. The molecule has 0 atom stereocenters. The predicted molar refractivity (Wildman–Crippen MR) is 115 cm³/mol. The molecular formula is C20H24N2O6S2. The van der Waals surface area contributed by atoms with E-state index in [0.717, 1.165) is 17.2 Å². The molecule has 0 aliphatic carbocycles. The molecule has 1 saturated heterocycles. The van der Waals surface area contributed by atoms with Gasteiger partial charge in [0.2, 0.25) is 15.9 Å². The molecule has 0 saturated carbocycles. The van der Waals surface area contributed by atoms with E-state index in [-0.39, 0.29) is 28.5 Å². The van der Waals surface area contributed by atoms with E-state index in [1.54, 1.807) is 0 Å². The second kappa shape index (κ2) is 8.27. The monoisotopic (exact) mass is 452 g/mol. The Bertz CT molecular complexity index is 1170. The Morgan fingerprint density at radius 1 is 1.10 bits per heavy atom. The topological polar surface area (TPSA) is 110 Å². The number of benzene rings is 2. The minimum atomic E-state index is -4.14. The lowest BCUT2D eigenvalue weighted by Crippen LogP contribution is -2.29. The lowest BCUT2D eigenvalue weighted by molar-refractivity contribution is -0.116. The molecule has 2 aromatic carbocycles. The van der Waals surface area contributed by atoms with Crippen molar-refractivity contribution >= 4 is 37.3 Å². The van der Waals surface area contributed by atoms with Gasteiger partial charge in [0, 0.05) is 6.42 Å². The zero-order chi connectivity index (χ0) is 22.1. The van der Waals surface area contributed by atoms with Gasteiger partial charge in [-0.15, -0.1) is 0 Å². The molecule has 0 radical (unpaired) electrons. The number of methoxy groups -OCH3 is 1. The molecule has 1 N–H and O–H groups in total. The fraction of sp³-hybridized carbons (Fsp3) is 0.350. The van der Waals surface area contributed by atoms with Gasteiger partial charge in [-0.1, -0.05) is 32.0 Å². The van der Waals surface area contributed by atoms with Crippen molar-refractivity contribution in [3.05, 3.63) is 47.5 Å². The summed E-state index contributed by atoms with van der Waals surface area (Å²) in [6, 6.07) is 9.43. The molecular weight excluding hydrogens is 428 g/mol. The molecule has 10 heteroatoms. The smallest absolute Gasteiger partial charge is 0.265 e. The van der Waals surface area contributed by atoms with Crippen molar-refractivity contribution in [2.24, 2.45) is 0 Å². The van der Waals surface area contributed by atoms with Crippen LogP contribution in [0.4, 0.5) is 11.4 Å². The average Bonchev–Trinajstić information content (AvgIpc) is 2.99. The number of rotatable bonds is 7. The van der Waals surface area contributed by atoms with Gasteiger partial charge in [0.15, 0.2) is 0 Å². The second-order valence-corrected chi connectivity index (χ2v) is 10.4. The van der Waals surface area contributed by atoms with E-state index in [9.17, 15) is 21.6 Å². The van der Waals surface area contributed by atoms with E-state index in [4.69, 9.17) is 4.74 Å². The van der Waals surface area contributed by atoms with Crippen LogP contribution in [0.5, 0.6) is 5.75 Å². The maximum Gasteiger partial charge on any atom is 0.265 e. The largest absolute Gasteiger partial charge is 0.495 e. The second-order valence-electron chi connectivity index (χ2n) is 6.82. The van der Waals surface area contributed by atoms with Crippen LogP contribution in [0.3, 0.4) is 0 Å². The lowest BCUT2D eigenvalue weighted by Gasteiger charge is -2.19. The summed E-state index contributed by atoms with van der Waals surface area (Å²) >= 11 is 0. The molecule has 8 nitrogen and oxygen atoms in total. The van der Waals surface area contributed by atoms with Crippen LogP contribution in [0.15, 0.2) is 41.3 Å². The molecule has 1 heterocycles. The molecule has 30 heavy (non-hydrogen) atoms. The van der Waals surface area contributed by atoms with Crippen LogP contribution in [0, 0.1) is 0 Å². The van der Waals surface area contributed by atoms with Crippen molar-refractivity contribution in [3.63, 3.8) is 0 Å². The van der Waals surface area contributed by atoms with Gasteiger partial charge in [-0.25, -0.2) is 21.1 Å². The number of amides is 1. The van der Waals surface area contributed by atoms with Crippen molar-refractivity contribution < 1.29 is 26.4 Å². The van der Waals surface area contributed by atoms with Crippen LogP contribution in [0.1, 0.15) is 31.4 Å². The zero-order valence-electron chi connectivity index (χ0n) is 17.0. The van der Waals surface area contributed by atoms with Gasteiger partial charge >= 0.3 is 0 Å². The number of para-hydroxylation sites is 1. The molecule has 0 spiro atoms. The minimum Gasteiger partial charge on any atom is -0.495 e. The van der Waals surface area contributed by atoms with Crippen molar-refractivity contribution in [2.45, 2.75) is 38.0 Å². The Balaban J connectivity index is 2.12. The number of carbonyl (C=O) groups is 1. The standard InChI is InChI=1S/C20H24N2O6S2/c1-4-14-7-6-8-15(5-2)20(14)21-30(26,27)18-13-16(9-10-17(18)28-3)22-19(23)11-12-29(22,24)25/h6-10,13,21H,4-5,11-12H2,1-3H3. The summed E-state index contributed by atoms with van der Waals surface area (Å²) in [5.74, 6) is -0.856. The third-order valence-electron chi connectivity index (χ3n) is 4.99. The fourth-order valence-corrected chi connectivity index (χ4v) is 6.22. The Kier molecular flexibility index (Phi) is 6.09. The summed E-state index contributed by atoms with van der Waals surface area (Å²) in [6.45, 7) is 3.86. The molecule has 162 valence electrons. The Labute approximate surface area is 177 Å². The highest BCUT2D eigenvalue weighted by Gasteiger charge is 2.37. The highest BCUT2D eigenvalue weighted by molar-refractivity contribution is 7.94. The van der Waals surface area contributed by atoms with Gasteiger partial charge in [-0.05, 0) is 42.2 Å². The predicted octanol–water partition coefficient (Wildman–Crippen LogP) is 2.69. The van der Waals surface area contributed by atoms with Crippen molar-refractivity contribution in [3.8, 4) is 5.75 Å². The molecule has 3 rings (SSSR count). The van der Waals surface area contributed by atoms with Crippen molar-refractivity contribution in [1.29, 1.82) is 0 Å². The summed E-state index contributed by atoms with van der Waals surface area (Å²) in [4.78, 5) is 11.9. The van der Waals surface area contributed by atoms with Crippen LogP contribution >= 0.6 is 0 Å². The zero-order valence-corrected chi connectivity index (χ0v) is 18.6. The number of hydrogen-bond donors (Lipinski definition) is 1. The first-order valence-corrected chi connectivity index (χ1v) is 12.6. The molecule has 0 aromatic heterocycles. The highest BCUT2D eigenvalue weighted by atomic mass is 32.2. The molecule has 1 fully saturated rings. The van der Waals surface area contributed by atoms with E-state index >= 15 is 0 Å². The number of carbonyl (C=O) groups excluding carboxylic acids is 1. The number of aryl methyl sites for hydroxylation is 2. The third-order valence-corrected chi connectivity index (χ3v) is 8.05. The van der Waals surface area contributed by atoms with Gasteiger partial charge in [-0.2, -0.15) is 0 Å². The molecule has 0 bridgehead atoms. The summed E-state index contributed by atoms with van der Waals surface area (Å²) < 4.78 is 59.6. The van der Waals surface area contributed by atoms with Crippen molar-refractivity contribution in [1.82, 2.24) is 0 Å². The summed E-state index contributed by atoms with van der Waals surface area (Å²) in [5, 5.41) is 0. The summed E-state index contributed by atoms with van der Waals surface area (Å²) in [7, 11) is -6.64. The van der Waals surface area contributed by atoms with E-state index in [1.807, 2.05) is 32.0 Å². The SMILES string of the molecule is CCc1cccc(CC)c1NS(=O)(=O)c1cc(N2C(=O)CCS2(=O)=O)ccc1OC. The maximum absolute atomic E-state index is 13.3. The van der Waals surface area contributed by atoms with Gasteiger partial charge in [0.25, 0.3) is 10.0 Å². The number of anilines is 2. The van der Waals surface area contributed by atoms with Crippen LogP contribution in [0.25, 0.3) is 0 Å². The van der Waals surface area contributed by atoms with E-state index < -0.39 is 26.0 Å². The first-order valence-electron chi connectivity index (χ1n) is 9.52. The number of ether oxygens (including phenoxy) is 1. The minimum absolute atomic E-state index is 0.0295. The Morgan fingerprint density at radius 2 is 1.73 bits per heavy atom. The highest BCUT2D eigenvalue weighted by Crippen LogP contribution is 2.34. The molecule has 1 aliphatic heterocycles. The summed E-state index contributed by atoms with van der Waals surface area (Å²) in [5.41, 5.74) is 2.15. The van der Waals surface area contributed by atoms with Crippen LogP contribution < -0.4 is 13.8 Å². The van der Waals surface area contributed by atoms with Gasteiger partial charge in [-0.3, -0.25) is 9.52 Å². The van der Waals surface area contributed by atoms with Crippen molar-refractivity contribution in [2.75, 3.05) is 21.9 Å². The van der Waals surface area contributed by atoms with E-state index in [2.05, 4.69) is 4.72 Å². The van der Waals surface area contributed by atoms with E-state index in [0.29, 0.717) is 22.8 Å². The van der Waals surface area contributed by atoms with E-state index in [1.165, 1.54) is 19.2 Å². The van der Waals surface area contributed by atoms with Crippen LogP contribution in [0.2, 0.25) is 0 Å². The quantitative estimate of drug-likeness (QED) is 0.692. The van der Waals surface area contributed by atoms with Gasteiger partial charge in [0.05, 0.1) is 24.2 Å². The fourth-order valence-electron chi connectivity index (χ4n) is 3.43. The number of nitrogens with one attached hydrogen (secondary N) is 1. The molecule has 1 amide bonds. The number of nitrogens with zero attached hydrogens (tertiary/aromatic N) is 1. The molecule has 2 aromatic rings. The van der Waals surface area contributed by atoms with Gasteiger partial charge < -0.3 is 4.74 Å². The van der Waals surface area contributed by atoms with Crippen LogP contribution in [-0.2, 0) is 37.7 Å². The lowest BCUT2D eigenvalue weighted by atomic mass is 10.0. The number of hydrogen-bond acceptors (Lipinski definition) is 6. The van der Waals surface area contributed by atoms with Gasteiger partial charge in [0.1, 0.15) is 10.6 Å². The molecule has 1 aliphatic rings. The first kappa shape index (κ1) is 22.1. The first-order chi connectivity index (χ1) is 14.1.